The van der Waals surface area contributed by atoms with Crippen LogP contribution in [0.15, 0.2) is 29.3 Å². The van der Waals surface area contributed by atoms with Gasteiger partial charge in [0.05, 0.1) is 0 Å². The first-order valence-corrected chi connectivity index (χ1v) is 7.95. The predicted molar refractivity (Wildman–Crippen MR) is 109 cm³/mol. The molecule has 0 unspecified atom stereocenters. The molecule has 0 bridgehead atoms. The SMILES string of the molecule is CN=C(NCc1ccccc1OC(F)(F)F)NCC(C)(C)CN(C)C.I. The molecule has 1 aromatic rings. The van der Waals surface area contributed by atoms with E-state index in [2.05, 4.69) is 39.1 Å². The molecule has 1 aromatic carbocycles. The Morgan fingerprint density at radius 2 is 1.77 bits per heavy atom. The summed E-state index contributed by atoms with van der Waals surface area (Å²) < 4.78 is 41.4. The molecule has 5 nitrogen and oxygen atoms in total. The van der Waals surface area contributed by atoms with Crippen molar-refractivity contribution in [3.63, 3.8) is 0 Å². The summed E-state index contributed by atoms with van der Waals surface area (Å²) in [6.07, 6.45) is -4.72. The quantitative estimate of drug-likeness (QED) is 0.351. The minimum absolute atomic E-state index is 0. The molecule has 0 saturated heterocycles. The van der Waals surface area contributed by atoms with Crippen molar-refractivity contribution in [2.45, 2.75) is 26.8 Å². The maximum atomic E-state index is 12.5. The summed E-state index contributed by atoms with van der Waals surface area (Å²) in [5, 5.41) is 6.22. The number of para-hydroxylation sites is 1. The Bertz CT molecular complexity index is 577. The number of ether oxygens (including phenoxy) is 1. The summed E-state index contributed by atoms with van der Waals surface area (Å²) in [5.41, 5.74) is 0.411. The van der Waals surface area contributed by atoms with Gasteiger partial charge in [0.1, 0.15) is 5.75 Å². The highest BCUT2D eigenvalue weighted by Gasteiger charge is 2.32. The average molecular weight is 488 g/mol. The van der Waals surface area contributed by atoms with Crippen LogP contribution in [0.2, 0.25) is 0 Å². The highest BCUT2D eigenvalue weighted by atomic mass is 127. The van der Waals surface area contributed by atoms with Crippen molar-refractivity contribution < 1.29 is 17.9 Å². The van der Waals surface area contributed by atoms with Gasteiger partial charge in [-0.3, -0.25) is 4.99 Å². The van der Waals surface area contributed by atoms with Crippen LogP contribution in [0, 0.1) is 5.41 Å². The second-order valence-electron chi connectivity index (χ2n) is 6.84. The number of hydrogen-bond donors (Lipinski definition) is 2. The van der Waals surface area contributed by atoms with E-state index in [1.54, 1.807) is 19.2 Å². The van der Waals surface area contributed by atoms with E-state index in [0.717, 1.165) is 6.54 Å². The lowest BCUT2D eigenvalue weighted by Crippen LogP contribution is -2.44. The van der Waals surface area contributed by atoms with Gasteiger partial charge in [-0.05, 0) is 25.6 Å². The van der Waals surface area contributed by atoms with Crippen molar-refractivity contribution in [3.05, 3.63) is 29.8 Å². The molecule has 0 aliphatic carbocycles. The van der Waals surface area contributed by atoms with E-state index in [4.69, 9.17) is 0 Å². The summed E-state index contributed by atoms with van der Waals surface area (Å²) in [4.78, 5) is 6.21. The topological polar surface area (TPSA) is 48.9 Å². The molecule has 0 aliphatic rings. The number of hydrogen-bond acceptors (Lipinski definition) is 3. The standard InChI is InChI=1S/C17H27F3N4O.HI/c1-16(2,12-24(4)5)11-23-15(21-3)22-10-13-8-6-7-9-14(13)25-17(18,19)20;/h6-9H,10-12H2,1-5H3,(H2,21,22,23);1H. The molecule has 0 spiro atoms. The second-order valence-corrected chi connectivity index (χ2v) is 6.84. The summed E-state index contributed by atoms with van der Waals surface area (Å²) in [6.45, 7) is 5.98. The Morgan fingerprint density at radius 3 is 2.31 bits per heavy atom. The van der Waals surface area contributed by atoms with Crippen LogP contribution in [-0.2, 0) is 6.54 Å². The van der Waals surface area contributed by atoms with Gasteiger partial charge >= 0.3 is 6.36 Å². The summed E-state index contributed by atoms with van der Waals surface area (Å²) in [6, 6.07) is 6.04. The van der Waals surface area contributed by atoms with Crippen LogP contribution in [0.25, 0.3) is 0 Å². The molecule has 1 rings (SSSR count). The van der Waals surface area contributed by atoms with Gasteiger partial charge in [0, 0.05) is 32.2 Å². The van der Waals surface area contributed by atoms with Crippen molar-refractivity contribution in [1.29, 1.82) is 0 Å². The van der Waals surface area contributed by atoms with Crippen LogP contribution in [0.1, 0.15) is 19.4 Å². The molecular formula is C17H28F3IN4O. The van der Waals surface area contributed by atoms with Gasteiger partial charge in [-0.25, -0.2) is 0 Å². The fraction of sp³-hybridized carbons (Fsp3) is 0.588. The van der Waals surface area contributed by atoms with Gasteiger partial charge < -0.3 is 20.3 Å². The van der Waals surface area contributed by atoms with Crippen molar-refractivity contribution in [3.8, 4) is 5.75 Å². The summed E-state index contributed by atoms with van der Waals surface area (Å²) >= 11 is 0. The van der Waals surface area contributed by atoms with Gasteiger partial charge in [0.15, 0.2) is 5.96 Å². The molecular weight excluding hydrogens is 460 g/mol. The van der Waals surface area contributed by atoms with Crippen LogP contribution in [0.4, 0.5) is 13.2 Å². The third kappa shape index (κ3) is 10.0. The average Bonchev–Trinajstić information content (AvgIpc) is 2.46. The first-order chi connectivity index (χ1) is 11.5. The minimum Gasteiger partial charge on any atom is -0.405 e. The summed E-state index contributed by atoms with van der Waals surface area (Å²) in [5.74, 6) is 0.305. The van der Waals surface area contributed by atoms with Gasteiger partial charge in [0.2, 0.25) is 0 Å². The number of benzene rings is 1. The Morgan fingerprint density at radius 1 is 1.15 bits per heavy atom. The number of alkyl halides is 3. The van der Waals surface area contributed by atoms with Crippen LogP contribution in [0.5, 0.6) is 5.75 Å². The lowest BCUT2D eigenvalue weighted by molar-refractivity contribution is -0.274. The van der Waals surface area contributed by atoms with Crippen molar-refractivity contribution in [1.82, 2.24) is 15.5 Å². The van der Waals surface area contributed by atoms with E-state index in [9.17, 15) is 13.2 Å². The molecule has 0 aliphatic heterocycles. The Labute approximate surface area is 170 Å². The molecule has 0 fully saturated rings. The van der Waals surface area contributed by atoms with E-state index in [0.29, 0.717) is 18.1 Å². The Hall–Kier alpha value is -1.23. The molecule has 150 valence electrons. The highest BCUT2D eigenvalue weighted by molar-refractivity contribution is 14.0. The molecule has 0 heterocycles. The normalized spacial score (nSPS) is 12.6. The van der Waals surface area contributed by atoms with Crippen LogP contribution < -0.4 is 15.4 Å². The zero-order valence-corrected chi connectivity index (χ0v) is 18.1. The Kier molecular flexibility index (Phi) is 10.3. The van der Waals surface area contributed by atoms with Crippen LogP contribution >= 0.6 is 24.0 Å². The van der Waals surface area contributed by atoms with E-state index in [1.165, 1.54) is 12.1 Å². The van der Waals surface area contributed by atoms with Crippen molar-refractivity contribution in [2.24, 2.45) is 10.4 Å². The van der Waals surface area contributed by atoms with Gasteiger partial charge in [-0.1, -0.05) is 32.0 Å². The first kappa shape index (κ1) is 24.8. The summed E-state index contributed by atoms with van der Waals surface area (Å²) in [7, 11) is 5.63. The van der Waals surface area contributed by atoms with Crippen LogP contribution in [0.3, 0.4) is 0 Å². The molecule has 9 heteroatoms. The number of nitrogens with zero attached hydrogens (tertiary/aromatic N) is 2. The monoisotopic (exact) mass is 488 g/mol. The highest BCUT2D eigenvalue weighted by Crippen LogP contribution is 2.26. The van der Waals surface area contributed by atoms with Crippen molar-refractivity contribution in [2.75, 3.05) is 34.2 Å². The van der Waals surface area contributed by atoms with E-state index in [1.807, 2.05) is 14.1 Å². The molecule has 0 amide bonds. The fourth-order valence-corrected chi connectivity index (χ4v) is 2.51. The predicted octanol–water partition coefficient (Wildman–Crippen LogP) is 3.46. The fourth-order valence-electron chi connectivity index (χ4n) is 2.51. The maximum Gasteiger partial charge on any atom is 0.573 e. The number of halogens is 4. The molecule has 26 heavy (non-hydrogen) atoms. The maximum absolute atomic E-state index is 12.5. The second kappa shape index (κ2) is 10.8. The molecule has 2 N–H and O–H groups in total. The minimum atomic E-state index is -4.72. The van der Waals surface area contributed by atoms with Gasteiger partial charge in [-0.15, -0.1) is 37.1 Å². The first-order valence-electron chi connectivity index (χ1n) is 7.95. The van der Waals surface area contributed by atoms with Gasteiger partial charge in [0.25, 0.3) is 0 Å². The lowest BCUT2D eigenvalue weighted by Gasteiger charge is -2.29. The van der Waals surface area contributed by atoms with Crippen molar-refractivity contribution >= 4 is 29.9 Å². The number of nitrogens with one attached hydrogen (secondary N) is 2. The smallest absolute Gasteiger partial charge is 0.405 e. The Balaban J connectivity index is 0.00000625. The zero-order chi connectivity index (χ0) is 19.1. The number of aliphatic imine (C=N–C) groups is 1. The largest absolute Gasteiger partial charge is 0.573 e. The van der Waals surface area contributed by atoms with E-state index < -0.39 is 6.36 Å². The molecule has 0 atom stereocenters. The molecule has 0 radical (unpaired) electrons. The molecule has 0 aromatic heterocycles. The van der Waals surface area contributed by atoms with E-state index >= 15 is 0 Å². The zero-order valence-electron chi connectivity index (χ0n) is 15.8. The van der Waals surface area contributed by atoms with Gasteiger partial charge in [-0.2, -0.15) is 0 Å². The third-order valence-corrected chi connectivity index (χ3v) is 3.35. The number of rotatable bonds is 7. The molecule has 0 saturated carbocycles. The number of guanidine groups is 1. The van der Waals surface area contributed by atoms with Crippen LogP contribution in [-0.4, -0.2) is 51.5 Å². The lowest BCUT2D eigenvalue weighted by atomic mass is 9.93. The third-order valence-electron chi connectivity index (χ3n) is 3.35. The van der Waals surface area contributed by atoms with E-state index in [-0.39, 0.29) is 41.7 Å².